The zero-order valence-electron chi connectivity index (χ0n) is 13.4. The molecular formula is C17H24N2O4. The standard InChI is InChI=1S/C17H24N2O4/c1-13-10-14(16(20)21)12-19(11-13)17(22)18-8-5-9-23-15-6-3-2-4-7-15/h2-4,6-7,13-14H,5,8-12H2,1H3,(H,18,22)(H,20,21). The summed E-state index contributed by atoms with van der Waals surface area (Å²) in [4.78, 5) is 24.9. The lowest BCUT2D eigenvalue weighted by Crippen LogP contribution is -2.49. The highest BCUT2D eigenvalue weighted by Gasteiger charge is 2.31. The van der Waals surface area contributed by atoms with Crippen LogP contribution in [0.3, 0.4) is 0 Å². The third-order valence-corrected chi connectivity index (χ3v) is 3.91. The molecule has 1 aromatic rings. The van der Waals surface area contributed by atoms with E-state index >= 15 is 0 Å². The summed E-state index contributed by atoms with van der Waals surface area (Å²) in [6, 6.07) is 9.33. The van der Waals surface area contributed by atoms with Gasteiger partial charge in [0.05, 0.1) is 12.5 Å². The molecule has 2 atom stereocenters. The van der Waals surface area contributed by atoms with Crippen LogP contribution in [0.15, 0.2) is 30.3 Å². The number of likely N-dealkylation sites (tertiary alicyclic amines) is 1. The second-order valence-corrected chi connectivity index (χ2v) is 6.03. The topological polar surface area (TPSA) is 78.9 Å². The van der Waals surface area contributed by atoms with E-state index in [0.717, 1.165) is 5.75 Å². The molecule has 23 heavy (non-hydrogen) atoms. The Balaban J connectivity index is 1.67. The highest BCUT2D eigenvalue weighted by atomic mass is 16.5. The predicted molar refractivity (Wildman–Crippen MR) is 86.4 cm³/mol. The SMILES string of the molecule is CC1CC(C(=O)O)CN(C(=O)NCCCOc2ccccc2)C1. The number of carboxylic acid groups (broad SMARTS) is 1. The van der Waals surface area contributed by atoms with Gasteiger partial charge in [-0.15, -0.1) is 0 Å². The summed E-state index contributed by atoms with van der Waals surface area (Å²) in [7, 11) is 0. The molecule has 0 saturated carbocycles. The lowest BCUT2D eigenvalue weighted by molar-refractivity contribution is -0.143. The van der Waals surface area contributed by atoms with Gasteiger partial charge in [-0.05, 0) is 30.9 Å². The molecule has 1 aromatic carbocycles. The number of nitrogens with zero attached hydrogens (tertiary/aromatic N) is 1. The van der Waals surface area contributed by atoms with Gasteiger partial charge in [-0.25, -0.2) is 4.79 Å². The van der Waals surface area contributed by atoms with E-state index < -0.39 is 11.9 Å². The summed E-state index contributed by atoms with van der Waals surface area (Å²) in [5.41, 5.74) is 0. The highest BCUT2D eigenvalue weighted by Crippen LogP contribution is 2.21. The van der Waals surface area contributed by atoms with Crippen LogP contribution in [-0.2, 0) is 4.79 Å². The van der Waals surface area contributed by atoms with Gasteiger partial charge in [0.1, 0.15) is 5.75 Å². The number of carbonyl (C=O) groups excluding carboxylic acids is 1. The maximum absolute atomic E-state index is 12.1. The number of aliphatic carboxylic acids is 1. The third kappa shape index (κ3) is 5.47. The van der Waals surface area contributed by atoms with Gasteiger partial charge in [-0.3, -0.25) is 4.79 Å². The van der Waals surface area contributed by atoms with E-state index in [4.69, 9.17) is 9.84 Å². The van der Waals surface area contributed by atoms with Gasteiger partial charge in [-0.1, -0.05) is 25.1 Å². The first-order valence-corrected chi connectivity index (χ1v) is 7.99. The molecule has 6 nitrogen and oxygen atoms in total. The average Bonchev–Trinajstić information content (AvgIpc) is 2.54. The zero-order valence-corrected chi connectivity index (χ0v) is 13.4. The third-order valence-electron chi connectivity index (χ3n) is 3.91. The van der Waals surface area contributed by atoms with E-state index in [-0.39, 0.29) is 18.5 Å². The molecule has 1 heterocycles. The number of benzene rings is 1. The van der Waals surface area contributed by atoms with Crippen LogP contribution < -0.4 is 10.1 Å². The molecule has 2 unspecified atom stereocenters. The van der Waals surface area contributed by atoms with Crippen LogP contribution in [-0.4, -0.2) is 48.2 Å². The van der Waals surface area contributed by atoms with Crippen LogP contribution in [0, 0.1) is 11.8 Å². The van der Waals surface area contributed by atoms with Gasteiger partial charge in [0, 0.05) is 19.6 Å². The first-order chi connectivity index (χ1) is 11.1. The number of rotatable bonds is 6. The van der Waals surface area contributed by atoms with Crippen molar-refractivity contribution in [3.8, 4) is 5.75 Å². The fourth-order valence-corrected chi connectivity index (χ4v) is 2.78. The average molecular weight is 320 g/mol. The van der Waals surface area contributed by atoms with Crippen molar-refractivity contribution in [3.63, 3.8) is 0 Å². The molecule has 0 aliphatic carbocycles. The molecule has 2 amide bonds. The van der Waals surface area contributed by atoms with Crippen molar-refractivity contribution in [1.82, 2.24) is 10.2 Å². The maximum atomic E-state index is 12.1. The number of hydrogen-bond acceptors (Lipinski definition) is 3. The van der Waals surface area contributed by atoms with E-state index in [9.17, 15) is 9.59 Å². The molecular weight excluding hydrogens is 296 g/mol. The van der Waals surface area contributed by atoms with E-state index in [1.807, 2.05) is 37.3 Å². The quantitative estimate of drug-likeness (QED) is 0.788. The van der Waals surface area contributed by atoms with Crippen molar-refractivity contribution < 1.29 is 19.4 Å². The molecule has 1 saturated heterocycles. The minimum absolute atomic E-state index is 0.192. The number of nitrogens with one attached hydrogen (secondary N) is 1. The van der Waals surface area contributed by atoms with Crippen LogP contribution >= 0.6 is 0 Å². The van der Waals surface area contributed by atoms with Gasteiger partial charge >= 0.3 is 12.0 Å². The number of urea groups is 1. The Labute approximate surface area is 136 Å². The Morgan fingerprint density at radius 3 is 2.74 bits per heavy atom. The van der Waals surface area contributed by atoms with Crippen molar-refractivity contribution in [3.05, 3.63) is 30.3 Å². The van der Waals surface area contributed by atoms with Crippen molar-refractivity contribution in [2.45, 2.75) is 19.8 Å². The van der Waals surface area contributed by atoms with Crippen LogP contribution in [0.1, 0.15) is 19.8 Å². The number of hydrogen-bond donors (Lipinski definition) is 2. The van der Waals surface area contributed by atoms with E-state index in [1.165, 1.54) is 0 Å². The van der Waals surface area contributed by atoms with Crippen molar-refractivity contribution >= 4 is 12.0 Å². The smallest absolute Gasteiger partial charge is 0.317 e. The van der Waals surface area contributed by atoms with E-state index in [0.29, 0.717) is 32.5 Å². The maximum Gasteiger partial charge on any atom is 0.317 e. The van der Waals surface area contributed by atoms with Crippen LogP contribution in [0.2, 0.25) is 0 Å². The lowest BCUT2D eigenvalue weighted by atomic mass is 9.91. The second-order valence-electron chi connectivity index (χ2n) is 6.03. The summed E-state index contributed by atoms with van der Waals surface area (Å²) in [6.45, 7) is 3.90. The minimum Gasteiger partial charge on any atom is -0.494 e. The fraction of sp³-hybridized carbons (Fsp3) is 0.529. The highest BCUT2D eigenvalue weighted by molar-refractivity contribution is 5.76. The fourth-order valence-electron chi connectivity index (χ4n) is 2.78. The number of carboxylic acids is 1. The molecule has 0 radical (unpaired) electrons. The van der Waals surface area contributed by atoms with Crippen molar-refractivity contribution in [2.75, 3.05) is 26.2 Å². The molecule has 1 fully saturated rings. The van der Waals surface area contributed by atoms with Crippen molar-refractivity contribution in [1.29, 1.82) is 0 Å². The Kier molecular flexibility index (Phi) is 6.26. The Hall–Kier alpha value is -2.24. The van der Waals surface area contributed by atoms with Gasteiger partial charge in [0.2, 0.25) is 0 Å². The van der Waals surface area contributed by atoms with Gasteiger partial charge in [0.15, 0.2) is 0 Å². The first-order valence-electron chi connectivity index (χ1n) is 7.99. The molecule has 1 aliphatic rings. The summed E-state index contributed by atoms with van der Waals surface area (Å²) in [5, 5.41) is 12.0. The zero-order chi connectivity index (χ0) is 16.7. The molecule has 126 valence electrons. The summed E-state index contributed by atoms with van der Waals surface area (Å²) in [6.07, 6.45) is 1.33. The number of para-hydroxylation sites is 1. The number of amides is 2. The number of ether oxygens (including phenoxy) is 1. The lowest BCUT2D eigenvalue weighted by Gasteiger charge is -2.34. The molecule has 1 aliphatic heterocycles. The molecule has 0 spiro atoms. The van der Waals surface area contributed by atoms with Gasteiger partial charge < -0.3 is 20.1 Å². The molecule has 2 rings (SSSR count). The largest absolute Gasteiger partial charge is 0.494 e. The Bertz CT molecular complexity index is 521. The number of piperidine rings is 1. The second kappa shape index (κ2) is 8.41. The van der Waals surface area contributed by atoms with Gasteiger partial charge in [-0.2, -0.15) is 0 Å². The Morgan fingerprint density at radius 2 is 2.04 bits per heavy atom. The number of carbonyl (C=O) groups is 2. The van der Waals surface area contributed by atoms with Crippen LogP contribution in [0.25, 0.3) is 0 Å². The molecule has 0 aromatic heterocycles. The van der Waals surface area contributed by atoms with Crippen LogP contribution in [0.4, 0.5) is 4.79 Å². The minimum atomic E-state index is -0.828. The van der Waals surface area contributed by atoms with E-state index in [2.05, 4.69) is 5.32 Å². The monoisotopic (exact) mass is 320 g/mol. The summed E-state index contributed by atoms with van der Waals surface area (Å²) < 4.78 is 5.56. The molecule has 2 N–H and O–H groups in total. The van der Waals surface area contributed by atoms with Crippen LogP contribution in [0.5, 0.6) is 5.75 Å². The molecule has 0 bridgehead atoms. The van der Waals surface area contributed by atoms with Gasteiger partial charge in [0.25, 0.3) is 0 Å². The predicted octanol–water partition coefficient (Wildman–Crippen LogP) is 2.21. The summed E-state index contributed by atoms with van der Waals surface area (Å²) in [5.74, 6) is -0.276. The van der Waals surface area contributed by atoms with Crippen molar-refractivity contribution in [2.24, 2.45) is 11.8 Å². The summed E-state index contributed by atoms with van der Waals surface area (Å²) >= 11 is 0. The van der Waals surface area contributed by atoms with E-state index in [1.54, 1.807) is 4.90 Å². The first kappa shape index (κ1) is 17.1. The Morgan fingerprint density at radius 1 is 1.30 bits per heavy atom. The normalized spacial score (nSPS) is 20.8. The molecule has 6 heteroatoms.